The van der Waals surface area contributed by atoms with Gasteiger partial charge in [-0.05, 0) is 38.1 Å². The zero-order valence-corrected chi connectivity index (χ0v) is 14.1. The first-order valence-corrected chi connectivity index (χ1v) is 9.47. The van der Waals surface area contributed by atoms with Crippen LogP contribution in [0.3, 0.4) is 0 Å². The van der Waals surface area contributed by atoms with E-state index in [1.165, 1.54) is 5.56 Å². The second-order valence-corrected chi connectivity index (χ2v) is 8.43. The lowest BCUT2D eigenvalue weighted by Gasteiger charge is -2.26. The molecule has 118 valence electrons. The van der Waals surface area contributed by atoms with Gasteiger partial charge < -0.3 is 5.32 Å². The van der Waals surface area contributed by atoms with Crippen molar-refractivity contribution in [3.8, 4) is 0 Å². The molecule has 21 heavy (non-hydrogen) atoms. The number of sulfone groups is 1. The highest BCUT2D eigenvalue weighted by Crippen LogP contribution is 2.20. The maximum absolute atomic E-state index is 11.4. The predicted molar refractivity (Wildman–Crippen MR) is 87.6 cm³/mol. The summed E-state index contributed by atoms with van der Waals surface area (Å²) >= 11 is 5.90. The minimum Gasteiger partial charge on any atom is -0.312 e. The third-order valence-corrected chi connectivity index (χ3v) is 6.16. The Morgan fingerprint density at radius 2 is 2.05 bits per heavy atom. The van der Waals surface area contributed by atoms with Crippen LogP contribution in [0.4, 0.5) is 0 Å². The van der Waals surface area contributed by atoms with Crippen LogP contribution in [0.5, 0.6) is 0 Å². The minimum absolute atomic E-state index is 0.120. The molecule has 0 bridgehead atoms. The minimum atomic E-state index is -2.80. The fourth-order valence-corrected chi connectivity index (χ4v) is 4.42. The maximum atomic E-state index is 11.4. The Kier molecular flexibility index (Phi) is 5.66. The Balaban J connectivity index is 1.76. The van der Waals surface area contributed by atoms with Crippen molar-refractivity contribution in [2.24, 2.45) is 0 Å². The highest BCUT2D eigenvalue weighted by atomic mass is 35.5. The van der Waals surface area contributed by atoms with Gasteiger partial charge in [-0.2, -0.15) is 0 Å². The molecule has 4 nitrogen and oxygen atoms in total. The van der Waals surface area contributed by atoms with E-state index >= 15 is 0 Å². The average Bonchev–Trinajstić information content (AvgIpc) is 2.78. The molecule has 1 aromatic rings. The summed E-state index contributed by atoms with van der Waals surface area (Å²) < 4.78 is 22.8. The Morgan fingerprint density at radius 1 is 1.38 bits per heavy atom. The van der Waals surface area contributed by atoms with Crippen molar-refractivity contribution in [1.29, 1.82) is 0 Å². The van der Waals surface area contributed by atoms with E-state index in [-0.39, 0.29) is 11.8 Å². The van der Waals surface area contributed by atoms with Crippen LogP contribution in [0.2, 0.25) is 5.02 Å². The zero-order valence-electron chi connectivity index (χ0n) is 12.5. The molecule has 6 heteroatoms. The molecular weight excluding hydrogens is 308 g/mol. The van der Waals surface area contributed by atoms with Crippen molar-refractivity contribution in [3.05, 3.63) is 34.9 Å². The molecule has 1 aliphatic rings. The van der Waals surface area contributed by atoms with Crippen LogP contribution in [0.25, 0.3) is 0 Å². The first kappa shape index (κ1) is 16.7. The van der Waals surface area contributed by atoms with E-state index in [4.69, 9.17) is 11.6 Å². The van der Waals surface area contributed by atoms with Crippen LogP contribution in [-0.2, 0) is 9.84 Å². The Hall–Kier alpha value is -0.620. The van der Waals surface area contributed by atoms with E-state index in [9.17, 15) is 8.42 Å². The van der Waals surface area contributed by atoms with Crippen LogP contribution in [0, 0.1) is 0 Å². The summed E-state index contributed by atoms with van der Waals surface area (Å²) in [7, 11) is -0.722. The molecule has 2 unspecified atom stereocenters. The first-order chi connectivity index (χ1) is 9.87. The van der Waals surface area contributed by atoms with Gasteiger partial charge in [0.15, 0.2) is 9.84 Å². The van der Waals surface area contributed by atoms with E-state index in [0.29, 0.717) is 11.8 Å². The van der Waals surface area contributed by atoms with Crippen molar-refractivity contribution in [1.82, 2.24) is 10.2 Å². The van der Waals surface area contributed by atoms with E-state index in [1.807, 2.05) is 24.3 Å². The lowest BCUT2D eigenvalue weighted by atomic mass is 10.1. The molecule has 0 aromatic heterocycles. The summed E-state index contributed by atoms with van der Waals surface area (Å²) in [6.45, 7) is 3.83. The fraction of sp³-hybridized carbons (Fsp3) is 0.600. The van der Waals surface area contributed by atoms with Gasteiger partial charge >= 0.3 is 0 Å². The molecule has 1 saturated heterocycles. The Morgan fingerprint density at radius 3 is 2.62 bits per heavy atom. The number of rotatable bonds is 6. The average molecular weight is 331 g/mol. The molecule has 2 rings (SSSR count). The second-order valence-electron chi connectivity index (χ2n) is 5.76. The van der Waals surface area contributed by atoms with Crippen LogP contribution < -0.4 is 5.32 Å². The van der Waals surface area contributed by atoms with E-state index < -0.39 is 9.84 Å². The first-order valence-electron chi connectivity index (χ1n) is 7.27. The molecule has 0 aliphatic carbocycles. The smallest absolute Gasteiger partial charge is 0.151 e. The number of halogens is 1. The number of nitrogens with one attached hydrogen (secondary N) is 1. The number of benzene rings is 1. The summed E-state index contributed by atoms with van der Waals surface area (Å²) in [4.78, 5) is 2.25. The highest BCUT2D eigenvalue weighted by Gasteiger charge is 2.27. The number of likely N-dealkylation sites (N-methyl/N-ethyl adjacent to an activating group) is 1. The van der Waals surface area contributed by atoms with E-state index in [0.717, 1.165) is 24.5 Å². The van der Waals surface area contributed by atoms with Crippen molar-refractivity contribution < 1.29 is 8.42 Å². The van der Waals surface area contributed by atoms with Crippen LogP contribution in [0.1, 0.15) is 24.9 Å². The van der Waals surface area contributed by atoms with Gasteiger partial charge in [0.1, 0.15) is 0 Å². The molecule has 1 fully saturated rings. The molecule has 0 radical (unpaired) electrons. The lowest BCUT2D eigenvalue weighted by molar-refractivity contribution is 0.258. The summed E-state index contributed by atoms with van der Waals surface area (Å²) in [6.07, 6.45) is 0.735. The van der Waals surface area contributed by atoms with Gasteiger partial charge in [-0.25, -0.2) is 8.42 Å². The lowest BCUT2D eigenvalue weighted by Crippen LogP contribution is -2.37. The molecule has 2 atom stereocenters. The van der Waals surface area contributed by atoms with Crippen LogP contribution >= 0.6 is 11.6 Å². The predicted octanol–water partition coefficient (Wildman–Crippen LogP) is 2.11. The van der Waals surface area contributed by atoms with Gasteiger partial charge in [-0.1, -0.05) is 23.7 Å². The molecule has 0 saturated carbocycles. The number of hydrogen-bond donors (Lipinski definition) is 1. The van der Waals surface area contributed by atoms with Gasteiger partial charge in [0, 0.05) is 30.2 Å². The van der Waals surface area contributed by atoms with Crippen molar-refractivity contribution >= 4 is 21.4 Å². The summed E-state index contributed by atoms with van der Waals surface area (Å²) in [5.74, 6) is 0.602. The van der Waals surface area contributed by atoms with Crippen molar-refractivity contribution in [3.63, 3.8) is 0 Å². The molecule has 0 amide bonds. The normalized spacial score (nSPS) is 22.6. The number of hydrogen-bond acceptors (Lipinski definition) is 4. The number of nitrogens with zero attached hydrogens (tertiary/aromatic N) is 1. The molecular formula is C15H23ClN2O2S. The standard InChI is InChI=1S/C15H23ClN2O2S/c1-12(13-3-5-14(16)6-4-13)18(2)9-8-17-15-7-10-21(19,20)11-15/h3-6,12,15,17H,7-11H2,1-2H3. The summed E-state index contributed by atoms with van der Waals surface area (Å²) in [6, 6.07) is 8.32. The Bertz CT molecular complexity index is 560. The topological polar surface area (TPSA) is 49.4 Å². The molecule has 1 N–H and O–H groups in total. The third kappa shape index (κ3) is 4.95. The van der Waals surface area contributed by atoms with Crippen LogP contribution in [-0.4, -0.2) is 51.0 Å². The molecule has 1 aliphatic heterocycles. The Labute approximate surface area is 132 Å². The fourth-order valence-electron chi connectivity index (χ4n) is 2.59. The van der Waals surface area contributed by atoms with Gasteiger partial charge in [-0.15, -0.1) is 0 Å². The van der Waals surface area contributed by atoms with Crippen LogP contribution in [0.15, 0.2) is 24.3 Å². The van der Waals surface area contributed by atoms with Gasteiger partial charge in [0.2, 0.25) is 0 Å². The van der Waals surface area contributed by atoms with E-state index in [1.54, 1.807) is 0 Å². The molecule has 1 heterocycles. The van der Waals surface area contributed by atoms with Gasteiger partial charge in [-0.3, -0.25) is 4.90 Å². The SMILES string of the molecule is CC(c1ccc(Cl)cc1)N(C)CCNC1CCS(=O)(=O)C1. The summed E-state index contributed by atoms with van der Waals surface area (Å²) in [5.41, 5.74) is 1.23. The monoisotopic (exact) mass is 330 g/mol. The van der Waals surface area contributed by atoms with Gasteiger partial charge in [0.05, 0.1) is 11.5 Å². The quantitative estimate of drug-likeness (QED) is 0.868. The van der Waals surface area contributed by atoms with E-state index in [2.05, 4.69) is 24.2 Å². The second kappa shape index (κ2) is 7.09. The summed E-state index contributed by atoms with van der Waals surface area (Å²) in [5, 5.41) is 4.09. The molecule has 0 spiro atoms. The molecule has 1 aromatic carbocycles. The van der Waals surface area contributed by atoms with Crippen molar-refractivity contribution in [2.75, 3.05) is 31.6 Å². The van der Waals surface area contributed by atoms with Gasteiger partial charge in [0.25, 0.3) is 0 Å². The third-order valence-electron chi connectivity index (χ3n) is 4.14. The van der Waals surface area contributed by atoms with Crippen molar-refractivity contribution in [2.45, 2.75) is 25.4 Å². The zero-order chi connectivity index (χ0) is 15.5. The maximum Gasteiger partial charge on any atom is 0.151 e. The largest absolute Gasteiger partial charge is 0.312 e. The highest BCUT2D eigenvalue weighted by molar-refractivity contribution is 7.91.